The van der Waals surface area contributed by atoms with Crippen LogP contribution in [0.15, 0.2) is 18.2 Å². The molecule has 2 heterocycles. The third kappa shape index (κ3) is 2.33. The number of likely N-dealkylation sites (N-methyl/N-ethyl adjacent to an activating group) is 1. The Morgan fingerprint density at radius 2 is 2.40 bits per heavy atom. The predicted molar refractivity (Wildman–Crippen MR) is 76.1 cm³/mol. The SMILES string of the molecule is CN1CCOC(Cn2c(N)nc3ccc(C#N)cc32)C1. The molecule has 3 rings (SSSR count). The number of aromatic nitrogens is 2. The molecule has 104 valence electrons. The van der Waals surface area contributed by atoms with Crippen LogP contribution in [0, 0.1) is 11.3 Å². The Balaban J connectivity index is 1.94. The van der Waals surface area contributed by atoms with E-state index in [9.17, 15) is 0 Å². The molecule has 6 heteroatoms. The van der Waals surface area contributed by atoms with E-state index in [1.165, 1.54) is 0 Å². The van der Waals surface area contributed by atoms with Crippen LogP contribution < -0.4 is 5.73 Å². The van der Waals surface area contributed by atoms with E-state index in [2.05, 4.69) is 23.0 Å². The zero-order chi connectivity index (χ0) is 14.1. The normalized spacial score (nSPS) is 20.1. The summed E-state index contributed by atoms with van der Waals surface area (Å²) in [5, 5.41) is 9.01. The van der Waals surface area contributed by atoms with Crippen molar-refractivity contribution in [1.29, 1.82) is 5.26 Å². The van der Waals surface area contributed by atoms with Crippen LogP contribution in [0.5, 0.6) is 0 Å². The lowest BCUT2D eigenvalue weighted by Crippen LogP contribution is -2.42. The molecule has 1 aromatic heterocycles. The maximum absolute atomic E-state index is 9.01. The number of fused-ring (bicyclic) bond motifs is 1. The summed E-state index contributed by atoms with van der Waals surface area (Å²) in [6.07, 6.45) is 0.0965. The Morgan fingerprint density at radius 3 is 3.15 bits per heavy atom. The van der Waals surface area contributed by atoms with Crippen molar-refractivity contribution >= 4 is 17.0 Å². The number of anilines is 1. The van der Waals surface area contributed by atoms with Crippen LogP contribution in [0.1, 0.15) is 5.56 Å². The minimum Gasteiger partial charge on any atom is -0.374 e. The van der Waals surface area contributed by atoms with Crippen molar-refractivity contribution in [2.24, 2.45) is 0 Å². The highest BCUT2D eigenvalue weighted by atomic mass is 16.5. The molecule has 1 aliphatic rings. The predicted octanol–water partition coefficient (Wildman–Crippen LogP) is 0.821. The summed E-state index contributed by atoms with van der Waals surface area (Å²) in [7, 11) is 2.08. The lowest BCUT2D eigenvalue weighted by molar-refractivity contribution is -0.0267. The Kier molecular flexibility index (Phi) is 3.30. The number of hydrogen-bond donors (Lipinski definition) is 1. The molecule has 1 atom stereocenters. The lowest BCUT2D eigenvalue weighted by Gasteiger charge is -2.30. The molecule has 1 saturated heterocycles. The van der Waals surface area contributed by atoms with E-state index < -0.39 is 0 Å². The molecule has 2 aromatic rings. The fraction of sp³-hybridized carbons (Fsp3) is 0.429. The highest BCUT2D eigenvalue weighted by Crippen LogP contribution is 2.20. The Labute approximate surface area is 117 Å². The molecule has 6 nitrogen and oxygen atoms in total. The minimum atomic E-state index is 0.0965. The monoisotopic (exact) mass is 271 g/mol. The average Bonchev–Trinajstić information content (AvgIpc) is 2.74. The first-order valence-electron chi connectivity index (χ1n) is 6.63. The number of hydrogen-bond acceptors (Lipinski definition) is 5. The third-order valence-corrected chi connectivity index (χ3v) is 3.63. The van der Waals surface area contributed by atoms with Gasteiger partial charge in [0, 0.05) is 13.1 Å². The summed E-state index contributed by atoms with van der Waals surface area (Å²) in [5.41, 5.74) is 8.31. The van der Waals surface area contributed by atoms with Gasteiger partial charge < -0.3 is 19.9 Å². The smallest absolute Gasteiger partial charge is 0.201 e. The zero-order valence-electron chi connectivity index (χ0n) is 11.4. The minimum absolute atomic E-state index is 0.0965. The van der Waals surface area contributed by atoms with Gasteiger partial charge >= 0.3 is 0 Å². The van der Waals surface area contributed by atoms with Gasteiger partial charge in [-0.3, -0.25) is 0 Å². The standard InChI is InChI=1S/C14H17N5O/c1-18-4-5-20-11(8-18)9-19-13-6-10(7-15)2-3-12(13)17-14(19)16/h2-3,6,11H,4-5,8-9H2,1H3,(H2,16,17). The van der Waals surface area contributed by atoms with Crippen LogP contribution in [0.25, 0.3) is 11.0 Å². The molecule has 1 aromatic carbocycles. The molecule has 1 unspecified atom stereocenters. The summed E-state index contributed by atoms with van der Waals surface area (Å²) < 4.78 is 7.70. The first-order valence-corrected chi connectivity index (χ1v) is 6.63. The van der Waals surface area contributed by atoms with Gasteiger partial charge in [-0.15, -0.1) is 0 Å². The van der Waals surface area contributed by atoms with Gasteiger partial charge in [0.25, 0.3) is 0 Å². The maximum atomic E-state index is 9.01. The summed E-state index contributed by atoms with van der Waals surface area (Å²) in [4.78, 5) is 6.58. The van der Waals surface area contributed by atoms with E-state index >= 15 is 0 Å². The number of nitrogens with zero attached hydrogens (tertiary/aromatic N) is 4. The van der Waals surface area contributed by atoms with E-state index in [0.29, 0.717) is 18.1 Å². The molecule has 2 N–H and O–H groups in total. The van der Waals surface area contributed by atoms with Gasteiger partial charge in [0.15, 0.2) is 0 Å². The number of imidazole rings is 1. The molecular weight excluding hydrogens is 254 g/mol. The molecule has 0 aliphatic carbocycles. The van der Waals surface area contributed by atoms with Crippen molar-refractivity contribution < 1.29 is 4.74 Å². The highest BCUT2D eigenvalue weighted by molar-refractivity contribution is 5.79. The van der Waals surface area contributed by atoms with Gasteiger partial charge in [-0.25, -0.2) is 4.98 Å². The molecule has 0 bridgehead atoms. The largest absolute Gasteiger partial charge is 0.374 e. The van der Waals surface area contributed by atoms with Crippen LogP contribution in [0.2, 0.25) is 0 Å². The molecule has 0 radical (unpaired) electrons. The van der Waals surface area contributed by atoms with Crippen LogP contribution >= 0.6 is 0 Å². The lowest BCUT2D eigenvalue weighted by atomic mass is 10.2. The van der Waals surface area contributed by atoms with Crippen LogP contribution in [0.3, 0.4) is 0 Å². The van der Waals surface area contributed by atoms with Gasteiger partial charge in [0.2, 0.25) is 5.95 Å². The summed E-state index contributed by atoms with van der Waals surface area (Å²) >= 11 is 0. The fourth-order valence-electron chi connectivity index (χ4n) is 2.58. The first-order chi connectivity index (χ1) is 9.67. The number of morpholine rings is 1. The van der Waals surface area contributed by atoms with E-state index in [4.69, 9.17) is 15.7 Å². The van der Waals surface area contributed by atoms with Gasteiger partial charge in [-0.2, -0.15) is 5.26 Å². The Morgan fingerprint density at radius 1 is 1.55 bits per heavy atom. The molecular formula is C14H17N5O. The van der Waals surface area contributed by atoms with Crippen molar-refractivity contribution in [3.63, 3.8) is 0 Å². The quantitative estimate of drug-likeness (QED) is 0.874. The van der Waals surface area contributed by atoms with E-state index in [1.54, 1.807) is 6.07 Å². The highest BCUT2D eigenvalue weighted by Gasteiger charge is 2.20. The maximum Gasteiger partial charge on any atom is 0.201 e. The second-order valence-corrected chi connectivity index (χ2v) is 5.15. The van der Waals surface area contributed by atoms with E-state index in [-0.39, 0.29) is 6.10 Å². The first kappa shape index (κ1) is 12.9. The second-order valence-electron chi connectivity index (χ2n) is 5.15. The van der Waals surface area contributed by atoms with Crippen molar-refractivity contribution in [3.05, 3.63) is 23.8 Å². The Hall–Kier alpha value is -2.10. The molecule has 0 saturated carbocycles. The van der Waals surface area contributed by atoms with Gasteiger partial charge in [0.05, 0.1) is 41.9 Å². The van der Waals surface area contributed by atoms with Crippen molar-refractivity contribution in [1.82, 2.24) is 14.5 Å². The molecule has 0 amide bonds. The summed E-state index contributed by atoms with van der Waals surface area (Å²) in [6, 6.07) is 7.55. The third-order valence-electron chi connectivity index (χ3n) is 3.63. The van der Waals surface area contributed by atoms with Crippen LogP contribution in [0.4, 0.5) is 5.95 Å². The number of nitriles is 1. The van der Waals surface area contributed by atoms with Crippen molar-refractivity contribution in [2.75, 3.05) is 32.5 Å². The van der Waals surface area contributed by atoms with Crippen molar-refractivity contribution in [2.45, 2.75) is 12.6 Å². The number of nitrogens with two attached hydrogens (primary N) is 1. The summed E-state index contributed by atoms with van der Waals surface area (Å²) in [6.45, 7) is 3.21. The fourth-order valence-corrected chi connectivity index (χ4v) is 2.58. The number of ether oxygens (including phenoxy) is 1. The van der Waals surface area contributed by atoms with Gasteiger partial charge in [-0.05, 0) is 25.2 Å². The van der Waals surface area contributed by atoms with Crippen LogP contribution in [-0.2, 0) is 11.3 Å². The number of rotatable bonds is 2. The van der Waals surface area contributed by atoms with Crippen LogP contribution in [-0.4, -0.2) is 47.3 Å². The second kappa shape index (κ2) is 5.12. The zero-order valence-corrected chi connectivity index (χ0v) is 11.4. The molecule has 0 spiro atoms. The molecule has 1 fully saturated rings. The molecule has 20 heavy (non-hydrogen) atoms. The number of benzene rings is 1. The Bertz CT molecular complexity index is 672. The summed E-state index contributed by atoms with van der Waals surface area (Å²) in [5.74, 6) is 0.465. The topological polar surface area (TPSA) is 80.1 Å². The average molecular weight is 271 g/mol. The van der Waals surface area contributed by atoms with E-state index in [1.807, 2.05) is 16.7 Å². The molecule has 1 aliphatic heterocycles. The van der Waals surface area contributed by atoms with Gasteiger partial charge in [0.1, 0.15) is 0 Å². The van der Waals surface area contributed by atoms with Crippen molar-refractivity contribution in [3.8, 4) is 6.07 Å². The van der Waals surface area contributed by atoms with Gasteiger partial charge in [-0.1, -0.05) is 0 Å². The number of nitrogen functional groups attached to an aromatic ring is 1. The van der Waals surface area contributed by atoms with E-state index in [0.717, 1.165) is 30.7 Å².